The highest BCUT2D eigenvalue weighted by molar-refractivity contribution is 5.89. The summed E-state index contributed by atoms with van der Waals surface area (Å²) in [5.41, 5.74) is 1.77. The van der Waals surface area contributed by atoms with Gasteiger partial charge >= 0.3 is 5.97 Å². The molecule has 1 unspecified atom stereocenters. The summed E-state index contributed by atoms with van der Waals surface area (Å²) in [5, 5.41) is 1.14. The number of hydrogen-bond acceptors (Lipinski definition) is 5. The van der Waals surface area contributed by atoms with E-state index in [9.17, 15) is 9.59 Å². The van der Waals surface area contributed by atoms with Crippen molar-refractivity contribution in [2.24, 2.45) is 5.92 Å². The van der Waals surface area contributed by atoms with Gasteiger partial charge in [0.2, 0.25) is 5.91 Å². The summed E-state index contributed by atoms with van der Waals surface area (Å²) in [6.45, 7) is 6.71. The van der Waals surface area contributed by atoms with Gasteiger partial charge in [-0.15, -0.1) is 6.58 Å². The molecule has 0 radical (unpaired) electrons. The van der Waals surface area contributed by atoms with Crippen molar-refractivity contribution >= 4 is 22.8 Å². The molecule has 1 aromatic heterocycles. The number of benzene rings is 1. The number of methoxy groups -OCH3 is 1. The topological polar surface area (TPSA) is 62.7 Å². The maximum Gasteiger partial charge on any atom is 0.311 e. The van der Waals surface area contributed by atoms with E-state index in [0.29, 0.717) is 6.54 Å². The number of hydrogen-bond donors (Lipinski definition) is 0. The van der Waals surface area contributed by atoms with E-state index >= 15 is 0 Å². The van der Waals surface area contributed by atoms with Gasteiger partial charge in [0.25, 0.3) is 0 Å². The number of amides is 1. The first-order chi connectivity index (χ1) is 14.1. The van der Waals surface area contributed by atoms with Gasteiger partial charge in [-0.2, -0.15) is 0 Å². The Balaban J connectivity index is 1.54. The number of rotatable bonds is 5. The van der Waals surface area contributed by atoms with Crippen molar-refractivity contribution in [3.05, 3.63) is 54.7 Å². The molecule has 2 aromatic rings. The van der Waals surface area contributed by atoms with Gasteiger partial charge in [-0.05, 0) is 24.5 Å². The fourth-order valence-corrected chi connectivity index (χ4v) is 5.02. The zero-order valence-corrected chi connectivity index (χ0v) is 16.8. The Morgan fingerprint density at radius 3 is 2.79 bits per heavy atom. The van der Waals surface area contributed by atoms with Crippen molar-refractivity contribution in [3.8, 4) is 0 Å². The van der Waals surface area contributed by atoms with E-state index < -0.39 is 11.5 Å². The Kier molecular flexibility index (Phi) is 5.37. The summed E-state index contributed by atoms with van der Waals surface area (Å²) in [5.74, 6) is -0.662. The molecule has 2 fully saturated rings. The molecule has 1 aromatic carbocycles. The van der Waals surface area contributed by atoms with Gasteiger partial charge < -0.3 is 9.64 Å². The second kappa shape index (κ2) is 7.95. The second-order valence-electron chi connectivity index (χ2n) is 7.94. The maximum absolute atomic E-state index is 12.6. The molecule has 1 amide bonds. The van der Waals surface area contributed by atoms with Crippen LogP contribution in [0.25, 0.3) is 10.9 Å². The van der Waals surface area contributed by atoms with E-state index in [4.69, 9.17) is 4.74 Å². The van der Waals surface area contributed by atoms with Crippen LogP contribution in [0.5, 0.6) is 0 Å². The lowest BCUT2D eigenvalue weighted by Crippen LogP contribution is -2.57. The van der Waals surface area contributed by atoms with Gasteiger partial charge in [0.1, 0.15) is 0 Å². The van der Waals surface area contributed by atoms with Gasteiger partial charge in [0.05, 0.1) is 24.1 Å². The van der Waals surface area contributed by atoms with Crippen molar-refractivity contribution in [1.82, 2.24) is 14.8 Å². The van der Waals surface area contributed by atoms with Crippen molar-refractivity contribution in [2.75, 3.05) is 26.7 Å². The van der Waals surface area contributed by atoms with Gasteiger partial charge in [-0.1, -0.05) is 30.3 Å². The van der Waals surface area contributed by atoms with Crippen LogP contribution >= 0.6 is 0 Å². The molecule has 29 heavy (non-hydrogen) atoms. The van der Waals surface area contributed by atoms with Crippen molar-refractivity contribution in [3.63, 3.8) is 0 Å². The molecule has 1 atom stereocenters. The molecule has 0 N–H and O–H groups in total. The first-order valence-corrected chi connectivity index (χ1v) is 10.1. The number of para-hydroxylation sites is 1. The molecule has 1 spiro atoms. The maximum atomic E-state index is 12.6. The van der Waals surface area contributed by atoms with Crippen molar-refractivity contribution in [2.45, 2.75) is 31.3 Å². The van der Waals surface area contributed by atoms with Crippen molar-refractivity contribution < 1.29 is 14.3 Å². The predicted molar refractivity (Wildman–Crippen MR) is 111 cm³/mol. The Morgan fingerprint density at radius 1 is 1.31 bits per heavy atom. The number of esters is 1. The third-order valence-corrected chi connectivity index (χ3v) is 6.50. The molecule has 6 nitrogen and oxygen atoms in total. The van der Waals surface area contributed by atoms with Crippen LogP contribution in [0.15, 0.2) is 49.2 Å². The quantitative estimate of drug-likeness (QED) is 0.577. The summed E-state index contributed by atoms with van der Waals surface area (Å²) in [6.07, 6.45) is 5.31. The minimum Gasteiger partial charge on any atom is -0.469 e. The third-order valence-electron chi connectivity index (χ3n) is 6.50. The second-order valence-corrected chi connectivity index (χ2v) is 7.94. The fourth-order valence-electron chi connectivity index (χ4n) is 5.02. The zero-order chi connectivity index (χ0) is 20.4. The Morgan fingerprint density at radius 2 is 2.07 bits per heavy atom. The standard InChI is InChI=1S/C23H27N3O3/c1-3-12-26-20(27)15-19(22(28)29-2)23(26)9-13-25(14-10-23)16-18-7-4-6-17-8-5-11-24-21(17)18/h3-8,11,19H,1,9-10,12-16H2,2H3. The van der Waals surface area contributed by atoms with Crippen molar-refractivity contribution in [1.29, 1.82) is 0 Å². The highest BCUT2D eigenvalue weighted by Gasteiger charge is 2.56. The minimum absolute atomic E-state index is 0.0204. The first-order valence-electron chi connectivity index (χ1n) is 10.1. The van der Waals surface area contributed by atoms with Gasteiger partial charge in [-0.25, -0.2) is 0 Å². The van der Waals surface area contributed by atoms with E-state index in [1.807, 2.05) is 17.2 Å². The summed E-state index contributed by atoms with van der Waals surface area (Å²) in [6, 6.07) is 10.3. The molecular weight excluding hydrogens is 366 g/mol. The van der Waals surface area contributed by atoms with E-state index in [1.165, 1.54) is 12.7 Å². The fraction of sp³-hybridized carbons (Fsp3) is 0.435. The van der Waals surface area contributed by atoms with Gasteiger partial charge in [0, 0.05) is 44.2 Å². The van der Waals surface area contributed by atoms with Crippen LogP contribution in [0.4, 0.5) is 0 Å². The average molecular weight is 393 g/mol. The molecule has 0 bridgehead atoms. The molecule has 6 heteroatoms. The SMILES string of the molecule is C=CCN1C(=O)CC(C(=O)OC)C12CCN(Cc1cccc3cccnc13)CC2. The lowest BCUT2D eigenvalue weighted by Gasteiger charge is -2.47. The number of likely N-dealkylation sites (tertiary alicyclic amines) is 2. The van der Waals surface area contributed by atoms with Crippen LogP contribution < -0.4 is 0 Å². The summed E-state index contributed by atoms with van der Waals surface area (Å²) < 4.78 is 5.04. The predicted octanol–water partition coefficient (Wildman–Crippen LogP) is 2.78. The summed E-state index contributed by atoms with van der Waals surface area (Å²) in [4.78, 5) is 33.9. The molecule has 2 saturated heterocycles. The monoisotopic (exact) mass is 393 g/mol. The third kappa shape index (κ3) is 3.42. The van der Waals surface area contributed by atoms with Crippen LogP contribution in [-0.2, 0) is 20.9 Å². The Bertz CT molecular complexity index is 929. The largest absolute Gasteiger partial charge is 0.469 e. The van der Waals surface area contributed by atoms with E-state index in [1.54, 1.807) is 6.08 Å². The van der Waals surface area contributed by atoms with Crippen LogP contribution in [0.1, 0.15) is 24.8 Å². The van der Waals surface area contributed by atoms with Crippen LogP contribution in [0.2, 0.25) is 0 Å². The number of carbonyl (C=O) groups excluding carboxylic acids is 2. The minimum atomic E-state index is -0.466. The zero-order valence-electron chi connectivity index (χ0n) is 16.8. The normalized spacial score (nSPS) is 21.6. The number of aromatic nitrogens is 1. The number of fused-ring (bicyclic) bond motifs is 1. The number of carbonyl (C=O) groups is 2. The number of pyridine rings is 1. The highest BCUT2D eigenvalue weighted by Crippen LogP contribution is 2.44. The molecule has 2 aliphatic heterocycles. The molecule has 4 rings (SSSR count). The summed E-state index contributed by atoms with van der Waals surface area (Å²) >= 11 is 0. The van der Waals surface area contributed by atoms with Crippen LogP contribution in [0.3, 0.4) is 0 Å². The first kappa shape index (κ1) is 19.6. The Labute approximate surface area is 171 Å². The van der Waals surface area contributed by atoms with Crippen LogP contribution in [0, 0.1) is 5.92 Å². The lowest BCUT2D eigenvalue weighted by atomic mass is 9.76. The molecule has 0 aliphatic carbocycles. The van der Waals surface area contributed by atoms with E-state index in [0.717, 1.165) is 43.4 Å². The number of piperidine rings is 1. The van der Waals surface area contributed by atoms with E-state index in [-0.39, 0.29) is 18.3 Å². The smallest absolute Gasteiger partial charge is 0.311 e. The lowest BCUT2D eigenvalue weighted by molar-refractivity contribution is -0.150. The average Bonchev–Trinajstić information content (AvgIpc) is 3.01. The number of nitrogens with zero attached hydrogens (tertiary/aromatic N) is 3. The molecule has 2 aliphatic rings. The molecule has 0 saturated carbocycles. The van der Waals surface area contributed by atoms with Gasteiger partial charge in [-0.3, -0.25) is 19.5 Å². The summed E-state index contributed by atoms with van der Waals surface area (Å²) in [7, 11) is 1.40. The van der Waals surface area contributed by atoms with Crippen LogP contribution in [-0.4, -0.2) is 58.9 Å². The van der Waals surface area contributed by atoms with Gasteiger partial charge in [0.15, 0.2) is 0 Å². The molecule has 3 heterocycles. The molecular formula is C23H27N3O3. The molecule has 152 valence electrons. The van der Waals surface area contributed by atoms with E-state index in [2.05, 4.69) is 40.7 Å². The Hall–Kier alpha value is -2.73. The number of ether oxygens (including phenoxy) is 1. The highest BCUT2D eigenvalue weighted by atomic mass is 16.5.